The second kappa shape index (κ2) is 5.58. The molecule has 6 nitrogen and oxygen atoms in total. The number of carbonyl (C=O) groups excluding carboxylic acids is 1. The molecule has 0 radical (unpaired) electrons. The number of nitrogens with zero attached hydrogens (tertiary/aromatic N) is 4. The summed E-state index contributed by atoms with van der Waals surface area (Å²) < 4.78 is 5.46. The van der Waals surface area contributed by atoms with E-state index in [4.69, 9.17) is 4.52 Å². The summed E-state index contributed by atoms with van der Waals surface area (Å²) in [5.41, 5.74) is 0.799. The fraction of sp³-hybridized carbons (Fsp3) is 0.250. The highest BCUT2D eigenvalue weighted by Crippen LogP contribution is 2.44. The van der Waals surface area contributed by atoms with Crippen LogP contribution < -0.4 is 0 Å². The topological polar surface area (TPSA) is 72.1 Å². The van der Waals surface area contributed by atoms with Gasteiger partial charge in [0.1, 0.15) is 0 Å². The zero-order valence-electron chi connectivity index (χ0n) is 12.4. The molecule has 3 aromatic rings. The van der Waals surface area contributed by atoms with Crippen LogP contribution in [0.5, 0.6) is 0 Å². The fourth-order valence-electron chi connectivity index (χ4n) is 2.94. The Morgan fingerprint density at radius 1 is 1.35 bits per heavy atom. The van der Waals surface area contributed by atoms with Crippen LogP contribution in [-0.4, -0.2) is 33.0 Å². The molecule has 2 atom stereocenters. The molecule has 116 valence electrons. The first-order chi connectivity index (χ1) is 11.2. The maximum atomic E-state index is 12.2. The highest BCUT2D eigenvalue weighted by Gasteiger charge is 2.43. The minimum absolute atomic E-state index is 0.0512. The zero-order valence-corrected chi connectivity index (χ0v) is 13.2. The normalized spacial score (nSPS) is 21.1. The van der Waals surface area contributed by atoms with Crippen LogP contribution in [0.4, 0.5) is 0 Å². The van der Waals surface area contributed by atoms with Crippen LogP contribution in [0.25, 0.3) is 11.4 Å². The van der Waals surface area contributed by atoms with E-state index in [-0.39, 0.29) is 17.9 Å². The first kappa shape index (κ1) is 14.1. The first-order valence-electron chi connectivity index (χ1n) is 7.27. The summed E-state index contributed by atoms with van der Waals surface area (Å²) in [4.78, 5) is 23.6. The van der Waals surface area contributed by atoms with Crippen molar-refractivity contribution in [1.29, 1.82) is 0 Å². The molecule has 7 heteroatoms. The van der Waals surface area contributed by atoms with Crippen molar-refractivity contribution in [2.24, 2.45) is 0 Å². The van der Waals surface area contributed by atoms with Gasteiger partial charge in [0.2, 0.25) is 17.6 Å². The predicted octanol–water partition coefficient (Wildman–Crippen LogP) is 2.88. The Labute approximate surface area is 136 Å². The van der Waals surface area contributed by atoms with Crippen molar-refractivity contribution in [3.8, 4) is 11.4 Å². The molecule has 1 amide bonds. The maximum Gasteiger partial charge on any atom is 0.233 e. The highest BCUT2D eigenvalue weighted by atomic mass is 32.1. The van der Waals surface area contributed by atoms with Gasteiger partial charge in [-0.3, -0.25) is 9.78 Å². The summed E-state index contributed by atoms with van der Waals surface area (Å²) >= 11 is 1.63. The molecule has 1 fully saturated rings. The summed E-state index contributed by atoms with van der Waals surface area (Å²) in [6, 6.07) is 7.68. The van der Waals surface area contributed by atoms with Gasteiger partial charge >= 0.3 is 0 Å². The summed E-state index contributed by atoms with van der Waals surface area (Å²) in [6.07, 6.45) is 3.77. The van der Waals surface area contributed by atoms with Crippen LogP contribution >= 0.6 is 11.3 Å². The standard InChI is InChI=1S/C16H14N4O2S/c1-20-13(21)8-11(14(20)12-5-3-7-23-12)16-18-15(19-22-16)10-4-2-6-17-9-10/h2-7,9,11,14H,8H2,1H3. The average Bonchev–Trinajstić information content (AvgIpc) is 3.30. The molecule has 0 N–H and O–H groups in total. The number of rotatable bonds is 3. The summed E-state index contributed by atoms with van der Waals surface area (Å²) in [5.74, 6) is 0.971. The third-order valence-electron chi connectivity index (χ3n) is 4.10. The van der Waals surface area contributed by atoms with Gasteiger partial charge < -0.3 is 9.42 Å². The van der Waals surface area contributed by atoms with Crippen LogP contribution in [-0.2, 0) is 4.79 Å². The maximum absolute atomic E-state index is 12.2. The van der Waals surface area contributed by atoms with Gasteiger partial charge in [-0.1, -0.05) is 11.2 Å². The van der Waals surface area contributed by atoms with Gasteiger partial charge in [0.15, 0.2) is 0 Å². The molecule has 4 heterocycles. The third-order valence-corrected chi connectivity index (χ3v) is 5.04. The Morgan fingerprint density at radius 2 is 2.26 bits per heavy atom. The van der Waals surface area contributed by atoms with Crippen molar-refractivity contribution in [3.05, 3.63) is 52.8 Å². The van der Waals surface area contributed by atoms with Crippen LogP contribution in [0, 0.1) is 0 Å². The van der Waals surface area contributed by atoms with Gasteiger partial charge in [-0.05, 0) is 23.6 Å². The number of aromatic nitrogens is 3. The molecule has 1 aliphatic heterocycles. The third kappa shape index (κ3) is 2.43. The van der Waals surface area contributed by atoms with Gasteiger partial charge in [0.25, 0.3) is 0 Å². The number of thiophene rings is 1. The van der Waals surface area contributed by atoms with E-state index in [2.05, 4.69) is 15.1 Å². The quantitative estimate of drug-likeness (QED) is 0.740. The molecule has 0 aromatic carbocycles. The van der Waals surface area contributed by atoms with Crippen molar-refractivity contribution >= 4 is 17.2 Å². The number of pyridine rings is 1. The smallest absolute Gasteiger partial charge is 0.233 e. The average molecular weight is 326 g/mol. The van der Waals surface area contributed by atoms with Crippen LogP contribution in [0.1, 0.15) is 29.1 Å². The Morgan fingerprint density at radius 3 is 3.00 bits per heavy atom. The first-order valence-corrected chi connectivity index (χ1v) is 8.15. The number of likely N-dealkylation sites (N-methyl/N-ethyl adjacent to an activating group) is 1. The van der Waals surface area contributed by atoms with Crippen molar-refractivity contribution in [2.45, 2.75) is 18.4 Å². The lowest BCUT2D eigenvalue weighted by Gasteiger charge is -2.21. The van der Waals surface area contributed by atoms with E-state index in [0.29, 0.717) is 18.1 Å². The van der Waals surface area contributed by atoms with E-state index >= 15 is 0 Å². The summed E-state index contributed by atoms with van der Waals surface area (Å²) in [7, 11) is 1.82. The van der Waals surface area contributed by atoms with Gasteiger partial charge in [0.05, 0.1) is 12.0 Å². The zero-order chi connectivity index (χ0) is 15.8. The molecule has 0 saturated carbocycles. The SMILES string of the molecule is CN1C(=O)CC(c2nc(-c3cccnc3)no2)C1c1cccs1. The molecule has 3 aromatic heterocycles. The molecule has 23 heavy (non-hydrogen) atoms. The Hall–Kier alpha value is -2.54. The lowest BCUT2D eigenvalue weighted by molar-refractivity contribution is -0.127. The van der Waals surface area contributed by atoms with E-state index in [1.807, 2.05) is 36.7 Å². The largest absolute Gasteiger partial charge is 0.339 e. The Balaban J connectivity index is 1.69. The lowest BCUT2D eigenvalue weighted by atomic mass is 9.99. The van der Waals surface area contributed by atoms with Crippen LogP contribution in [0.2, 0.25) is 0 Å². The number of amides is 1. The molecule has 2 unspecified atom stereocenters. The van der Waals surface area contributed by atoms with Crippen LogP contribution in [0.3, 0.4) is 0 Å². The molecular formula is C16H14N4O2S. The number of hydrogen-bond donors (Lipinski definition) is 0. The molecule has 0 aliphatic carbocycles. The number of likely N-dealkylation sites (tertiary alicyclic amines) is 1. The Bertz CT molecular complexity index is 816. The monoisotopic (exact) mass is 326 g/mol. The van der Waals surface area contributed by atoms with Gasteiger partial charge in [-0.15, -0.1) is 11.3 Å². The van der Waals surface area contributed by atoms with E-state index in [1.165, 1.54) is 0 Å². The Kier molecular flexibility index (Phi) is 3.42. The van der Waals surface area contributed by atoms with E-state index in [9.17, 15) is 4.79 Å². The molecular weight excluding hydrogens is 312 g/mol. The minimum atomic E-state index is -0.121. The van der Waals surface area contributed by atoms with Crippen molar-refractivity contribution < 1.29 is 9.32 Å². The summed E-state index contributed by atoms with van der Waals surface area (Å²) in [5, 5.41) is 6.06. The molecule has 1 aliphatic rings. The van der Waals surface area contributed by atoms with Gasteiger partial charge in [-0.25, -0.2) is 0 Å². The fourth-order valence-corrected chi connectivity index (χ4v) is 3.87. The number of carbonyl (C=O) groups is 1. The minimum Gasteiger partial charge on any atom is -0.339 e. The van der Waals surface area contributed by atoms with Crippen molar-refractivity contribution in [2.75, 3.05) is 7.05 Å². The molecule has 1 saturated heterocycles. The predicted molar refractivity (Wildman–Crippen MR) is 84.7 cm³/mol. The van der Waals surface area contributed by atoms with Crippen molar-refractivity contribution in [1.82, 2.24) is 20.0 Å². The van der Waals surface area contributed by atoms with Gasteiger partial charge in [0, 0.05) is 36.3 Å². The molecule has 0 bridgehead atoms. The van der Waals surface area contributed by atoms with E-state index < -0.39 is 0 Å². The van der Waals surface area contributed by atoms with E-state index in [0.717, 1.165) is 10.4 Å². The lowest BCUT2D eigenvalue weighted by Crippen LogP contribution is -2.23. The highest BCUT2D eigenvalue weighted by molar-refractivity contribution is 7.10. The summed E-state index contributed by atoms with van der Waals surface area (Å²) in [6.45, 7) is 0. The van der Waals surface area contributed by atoms with E-state index in [1.54, 1.807) is 28.6 Å². The molecule has 0 spiro atoms. The van der Waals surface area contributed by atoms with Gasteiger partial charge in [-0.2, -0.15) is 4.98 Å². The van der Waals surface area contributed by atoms with Crippen molar-refractivity contribution in [3.63, 3.8) is 0 Å². The van der Waals surface area contributed by atoms with Crippen LogP contribution in [0.15, 0.2) is 46.6 Å². The second-order valence-electron chi connectivity index (χ2n) is 5.47. The second-order valence-corrected chi connectivity index (χ2v) is 6.45. The number of hydrogen-bond acceptors (Lipinski definition) is 6. The molecule has 4 rings (SSSR count).